The van der Waals surface area contributed by atoms with Crippen LogP contribution in [0.2, 0.25) is 0 Å². The molecule has 5 nitrogen and oxygen atoms in total. The van der Waals surface area contributed by atoms with Crippen LogP contribution in [-0.2, 0) is 6.54 Å². The standard InChI is InChI=1S/C19H23NO4.ClH/c1-21-17-9-8-13(18(22-2)19(17)23-3)12-20-15-10-11-24-16-7-5-4-6-14(15)16;/h4-9,15,20H,10-12H2,1-3H3;1H. The van der Waals surface area contributed by atoms with Crippen LogP contribution in [-0.4, -0.2) is 27.9 Å². The molecule has 0 saturated heterocycles. The summed E-state index contributed by atoms with van der Waals surface area (Å²) in [6.07, 6.45) is 0.937. The third-order valence-electron chi connectivity index (χ3n) is 4.28. The lowest BCUT2D eigenvalue weighted by molar-refractivity contribution is 0.251. The molecule has 0 aromatic heterocycles. The fraction of sp³-hybridized carbons (Fsp3) is 0.368. The van der Waals surface area contributed by atoms with E-state index >= 15 is 0 Å². The van der Waals surface area contributed by atoms with Gasteiger partial charge in [-0.25, -0.2) is 0 Å². The zero-order valence-electron chi connectivity index (χ0n) is 14.7. The summed E-state index contributed by atoms with van der Waals surface area (Å²) in [5, 5.41) is 3.60. The molecule has 1 unspecified atom stereocenters. The van der Waals surface area contributed by atoms with E-state index in [1.807, 2.05) is 30.3 Å². The molecule has 3 rings (SSSR count). The number of hydrogen-bond donors (Lipinski definition) is 1. The van der Waals surface area contributed by atoms with Gasteiger partial charge in [0.2, 0.25) is 5.75 Å². The van der Waals surface area contributed by atoms with Crippen molar-refractivity contribution >= 4 is 12.4 Å². The Morgan fingerprint density at radius 3 is 2.48 bits per heavy atom. The fourth-order valence-corrected chi connectivity index (χ4v) is 3.09. The molecule has 1 atom stereocenters. The average Bonchev–Trinajstić information content (AvgIpc) is 2.65. The summed E-state index contributed by atoms with van der Waals surface area (Å²) in [4.78, 5) is 0. The first kappa shape index (κ1) is 19.2. The highest BCUT2D eigenvalue weighted by Crippen LogP contribution is 2.40. The first-order chi connectivity index (χ1) is 11.8. The van der Waals surface area contributed by atoms with E-state index in [1.165, 1.54) is 5.56 Å². The van der Waals surface area contributed by atoms with Crippen LogP contribution in [0.15, 0.2) is 36.4 Å². The Hall–Kier alpha value is -2.11. The Labute approximate surface area is 154 Å². The highest BCUT2D eigenvalue weighted by Gasteiger charge is 2.22. The van der Waals surface area contributed by atoms with Gasteiger partial charge >= 0.3 is 0 Å². The fourth-order valence-electron chi connectivity index (χ4n) is 3.09. The summed E-state index contributed by atoms with van der Waals surface area (Å²) in [6, 6.07) is 12.3. The molecule has 0 spiro atoms. The number of halogens is 1. The highest BCUT2D eigenvalue weighted by atomic mass is 35.5. The summed E-state index contributed by atoms with van der Waals surface area (Å²) in [6.45, 7) is 1.39. The maximum absolute atomic E-state index is 5.72. The maximum Gasteiger partial charge on any atom is 0.203 e. The van der Waals surface area contributed by atoms with Crippen molar-refractivity contribution in [3.05, 3.63) is 47.5 Å². The lowest BCUT2D eigenvalue weighted by Gasteiger charge is -2.27. The van der Waals surface area contributed by atoms with Gasteiger partial charge in [0.05, 0.1) is 27.9 Å². The molecule has 0 fully saturated rings. The lowest BCUT2D eigenvalue weighted by Crippen LogP contribution is -2.26. The van der Waals surface area contributed by atoms with E-state index in [9.17, 15) is 0 Å². The van der Waals surface area contributed by atoms with Crippen LogP contribution in [0.3, 0.4) is 0 Å². The van der Waals surface area contributed by atoms with E-state index in [2.05, 4.69) is 11.4 Å². The van der Waals surface area contributed by atoms with Crippen molar-refractivity contribution in [2.24, 2.45) is 0 Å². The second-order valence-corrected chi connectivity index (χ2v) is 5.60. The largest absolute Gasteiger partial charge is 0.493 e. The summed E-state index contributed by atoms with van der Waals surface area (Å²) in [5.74, 6) is 2.94. The minimum atomic E-state index is 0. The number of fused-ring (bicyclic) bond motifs is 1. The van der Waals surface area contributed by atoms with Crippen LogP contribution in [0.5, 0.6) is 23.0 Å². The molecular formula is C19H24ClNO4. The molecular weight excluding hydrogens is 342 g/mol. The molecule has 0 aliphatic carbocycles. The third-order valence-corrected chi connectivity index (χ3v) is 4.28. The van der Waals surface area contributed by atoms with Crippen molar-refractivity contribution in [1.29, 1.82) is 0 Å². The van der Waals surface area contributed by atoms with Crippen LogP contribution in [0.4, 0.5) is 0 Å². The van der Waals surface area contributed by atoms with Crippen LogP contribution in [0.1, 0.15) is 23.6 Å². The summed E-state index contributed by atoms with van der Waals surface area (Å²) < 4.78 is 22.0. The second kappa shape index (κ2) is 8.83. The van der Waals surface area contributed by atoms with Gasteiger partial charge in [-0.3, -0.25) is 0 Å². The number of nitrogens with one attached hydrogen (secondary N) is 1. The van der Waals surface area contributed by atoms with Gasteiger partial charge in [-0.15, -0.1) is 12.4 Å². The lowest BCUT2D eigenvalue weighted by atomic mass is 10.00. The summed E-state index contributed by atoms with van der Waals surface area (Å²) in [5.41, 5.74) is 2.22. The summed E-state index contributed by atoms with van der Waals surface area (Å²) in [7, 11) is 4.88. The number of methoxy groups -OCH3 is 3. The van der Waals surface area contributed by atoms with E-state index in [4.69, 9.17) is 18.9 Å². The SMILES string of the molecule is COc1ccc(CNC2CCOc3ccccc32)c(OC)c1OC.Cl. The number of hydrogen-bond acceptors (Lipinski definition) is 5. The zero-order valence-corrected chi connectivity index (χ0v) is 15.5. The molecule has 6 heteroatoms. The predicted molar refractivity (Wildman–Crippen MR) is 99.5 cm³/mol. The molecule has 1 N–H and O–H groups in total. The van der Waals surface area contributed by atoms with Crippen molar-refractivity contribution < 1.29 is 18.9 Å². The highest BCUT2D eigenvalue weighted by molar-refractivity contribution is 5.85. The van der Waals surface area contributed by atoms with Gasteiger partial charge in [-0.05, 0) is 12.1 Å². The van der Waals surface area contributed by atoms with Gasteiger partial charge in [-0.1, -0.05) is 24.3 Å². The molecule has 2 aromatic carbocycles. The molecule has 0 bridgehead atoms. The van der Waals surface area contributed by atoms with Crippen molar-refractivity contribution in [3.63, 3.8) is 0 Å². The molecule has 1 aliphatic rings. The molecule has 0 radical (unpaired) electrons. The molecule has 0 saturated carbocycles. The number of ether oxygens (including phenoxy) is 4. The minimum absolute atomic E-state index is 0. The van der Waals surface area contributed by atoms with Crippen molar-refractivity contribution in [1.82, 2.24) is 5.32 Å². The molecule has 1 heterocycles. The number of para-hydroxylation sites is 1. The Morgan fingerprint density at radius 1 is 1.00 bits per heavy atom. The molecule has 1 aliphatic heterocycles. The van der Waals surface area contributed by atoms with Crippen molar-refractivity contribution in [2.45, 2.75) is 19.0 Å². The molecule has 0 amide bonds. The summed E-state index contributed by atoms with van der Waals surface area (Å²) >= 11 is 0. The van der Waals surface area contributed by atoms with Crippen LogP contribution in [0.25, 0.3) is 0 Å². The van der Waals surface area contributed by atoms with Gasteiger partial charge in [0.1, 0.15) is 5.75 Å². The van der Waals surface area contributed by atoms with Gasteiger partial charge in [0, 0.05) is 30.1 Å². The van der Waals surface area contributed by atoms with E-state index in [1.54, 1.807) is 21.3 Å². The third kappa shape index (κ3) is 3.94. The Balaban J connectivity index is 0.00000225. The van der Waals surface area contributed by atoms with Gasteiger partial charge in [0.25, 0.3) is 0 Å². The molecule has 2 aromatic rings. The number of benzene rings is 2. The van der Waals surface area contributed by atoms with Crippen LogP contribution < -0.4 is 24.3 Å². The average molecular weight is 366 g/mol. The quantitative estimate of drug-likeness (QED) is 0.844. The minimum Gasteiger partial charge on any atom is -0.493 e. The normalized spacial score (nSPS) is 15.4. The first-order valence-corrected chi connectivity index (χ1v) is 8.01. The second-order valence-electron chi connectivity index (χ2n) is 5.60. The maximum atomic E-state index is 5.72. The van der Waals surface area contributed by atoms with Crippen LogP contribution in [0, 0.1) is 0 Å². The number of rotatable bonds is 6. The topological polar surface area (TPSA) is 49.0 Å². The zero-order chi connectivity index (χ0) is 16.9. The first-order valence-electron chi connectivity index (χ1n) is 8.01. The van der Waals surface area contributed by atoms with Gasteiger partial charge in [-0.2, -0.15) is 0 Å². The van der Waals surface area contributed by atoms with Crippen molar-refractivity contribution in [2.75, 3.05) is 27.9 Å². The van der Waals surface area contributed by atoms with Crippen LogP contribution >= 0.6 is 12.4 Å². The predicted octanol–water partition coefficient (Wildman–Crippen LogP) is 3.75. The van der Waals surface area contributed by atoms with E-state index < -0.39 is 0 Å². The Bertz CT molecular complexity index is 708. The van der Waals surface area contributed by atoms with Crippen molar-refractivity contribution in [3.8, 4) is 23.0 Å². The van der Waals surface area contributed by atoms with E-state index in [-0.39, 0.29) is 18.4 Å². The van der Waals surface area contributed by atoms with E-state index in [0.717, 1.165) is 24.3 Å². The Morgan fingerprint density at radius 2 is 1.76 bits per heavy atom. The smallest absolute Gasteiger partial charge is 0.203 e. The monoisotopic (exact) mass is 365 g/mol. The van der Waals surface area contributed by atoms with E-state index in [0.29, 0.717) is 23.8 Å². The molecule has 25 heavy (non-hydrogen) atoms. The van der Waals surface area contributed by atoms with Gasteiger partial charge < -0.3 is 24.3 Å². The Kier molecular flexibility index (Phi) is 6.79. The van der Waals surface area contributed by atoms with Gasteiger partial charge in [0.15, 0.2) is 11.5 Å². The molecule has 136 valence electrons.